The fraction of sp³-hybridized carbons (Fsp3) is 0.462. The predicted molar refractivity (Wildman–Crippen MR) is 79.7 cm³/mol. The standard InChI is InChI=1S/C13H16BrNO5S/c14-11-6-8(13(17)18)4-5-12(11)21(19,20)15-9-2-1-3-10(16)7-9/h4-6,9-10,15-16H,1-3,7H2,(H,17,18). The molecule has 1 fully saturated rings. The van der Waals surface area contributed by atoms with E-state index in [1.165, 1.54) is 18.2 Å². The number of carboxylic acids is 1. The Morgan fingerprint density at radius 2 is 2.05 bits per heavy atom. The van der Waals surface area contributed by atoms with Crippen molar-refractivity contribution in [3.05, 3.63) is 28.2 Å². The van der Waals surface area contributed by atoms with Gasteiger partial charge >= 0.3 is 5.97 Å². The van der Waals surface area contributed by atoms with Crippen molar-refractivity contribution < 1.29 is 23.4 Å². The molecular formula is C13H16BrNO5S. The number of hydrogen-bond donors (Lipinski definition) is 3. The number of carbonyl (C=O) groups is 1. The highest BCUT2D eigenvalue weighted by Gasteiger charge is 2.27. The summed E-state index contributed by atoms with van der Waals surface area (Å²) < 4.78 is 27.4. The van der Waals surface area contributed by atoms with Crippen LogP contribution in [0.5, 0.6) is 0 Å². The van der Waals surface area contributed by atoms with E-state index < -0.39 is 22.1 Å². The first-order valence-corrected chi connectivity index (χ1v) is 8.80. The van der Waals surface area contributed by atoms with Crippen LogP contribution in [-0.2, 0) is 10.0 Å². The molecule has 1 aliphatic carbocycles. The van der Waals surface area contributed by atoms with E-state index in [0.29, 0.717) is 19.3 Å². The van der Waals surface area contributed by atoms with Crippen LogP contribution in [0.2, 0.25) is 0 Å². The molecule has 2 atom stereocenters. The Bertz CT molecular complexity index is 646. The second kappa shape index (κ2) is 6.43. The van der Waals surface area contributed by atoms with Gasteiger partial charge in [0.15, 0.2) is 0 Å². The van der Waals surface area contributed by atoms with Gasteiger partial charge in [0, 0.05) is 10.5 Å². The van der Waals surface area contributed by atoms with Crippen LogP contribution in [0.1, 0.15) is 36.0 Å². The summed E-state index contributed by atoms with van der Waals surface area (Å²) in [4.78, 5) is 10.8. The maximum absolute atomic E-state index is 12.3. The van der Waals surface area contributed by atoms with Gasteiger partial charge < -0.3 is 10.2 Å². The lowest BCUT2D eigenvalue weighted by Gasteiger charge is -2.26. The zero-order chi connectivity index (χ0) is 15.6. The molecule has 2 unspecified atom stereocenters. The summed E-state index contributed by atoms with van der Waals surface area (Å²) in [5, 5.41) is 18.5. The Labute approximate surface area is 131 Å². The number of rotatable bonds is 4. The molecule has 0 heterocycles. The van der Waals surface area contributed by atoms with Crippen molar-refractivity contribution in [3.63, 3.8) is 0 Å². The zero-order valence-corrected chi connectivity index (χ0v) is 13.5. The largest absolute Gasteiger partial charge is 0.478 e. The average molecular weight is 378 g/mol. The molecule has 1 saturated carbocycles. The number of halogens is 1. The lowest BCUT2D eigenvalue weighted by Crippen LogP contribution is -2.39. The first kappa shape index (κ1) is 16.4. The Balaban J connectivity index is 2.21. The maximum Gasteiger partial charge on any atom is 0.335 e. The van der Waals surface area contributed by atoms with Crippen molar-refractivity contribution in [2.75, 3.05) is 0 Å². The first-order chi connectivity index (χ1) is 9.79. The molecule has 0 amide bonds. The molecule has 0 aromatic heterocycles. The minimum atomic E-state index is -3.76. The quantitative estimate of drug-likeness (QED) is 0.740. The van der Waals surface area contributed by atoms with Crippen LogP contribution < -0.4 is 4.72 Å². The number of aromatic carboxylic acids is 1. The van der Waals surface area contributed by atoms with Crippen LogP contribution in [0.25, 0.3) is 0 Å². The van der Waals surface area contributed by atoms with Crippen molar-refractivity contribution in [1.82, 2.24) is 4.72 Å². The van der Waals surface area contributed by atoms with E-state index in [-0.39, 0.29) is 21.0 Å². The van der Waals surface area contributed by atoms with Gasteiger partial charge in [0.05, 0.1) is 16.6 Å². The van der Waals surface area contributed by atoms with E-state index in [9.17, 15) is 18.3 Å². The van der Waals surface area contributed by atoms with Gasteiger partial charge in [-0.15, -0.1) is 0 Å². The van der Waals surface area contributed by atoms with E-state index in [1.807, 2.05) is 0 Å². The molecule has 2 rings (SSSR count). The van der Waals surface area contributed by atoms with E-state index in [2.05, 4.69) is 20.7 Å². The number of benzene rings is 1. The molecule has 3 N–H and O–H groups in total. The molecule has 0 saturated heterocycles. The monoisotopic (exact) mass is 377 g/mol. The van der Waals surface area contributed by atoms with E-state index in [4.69, 9.17) is 5.11 Å². The zero-order valence-electron chi connectivity index (χ0n) is 11.1. The molecule has 1 aromatic carbocycles. The fourth-order valence-corrected chi connectivity index (χ4v) is 4.77. The van der Waals surface area contributed by atoms with Gasteiger partial charge in [-0.2, -0.15) is 0 Å². The molecule has 0 radical (unpaired) electrons. The molecule has 1 aromatic rings. The lowest BCUT2D eigenvalue weighted by molar-refractivity contribution is 0.0696. The number of hydrogen-bond acceptors (Lipinski definition) is 4. The minimum absolute atomic E-state index is 0.00689. The summed E-state index contributed by atoms with van der Waals surface area (Å²) in [7, 11) is -3.76. The average Bonchev–Trinajstić information content (AvgIpc) is 2.37. The Morgan fingerprint density at radius 3 is 2.62 bits per heavy atom. The van der Waals surface area contributed by atoms with Crippen molar-refractivity contribution in [1.29, 1.82) is 0 Å². The number of aliphatic hydroxyl groups excluding tert-OH is 1. The number of aliphatic hydroxyl groups is 1. The van der Waals surface area contributed by atoms with Gasteiger partial charge in [-0.25, -0.2) is 17.9 Å². The van der Waals surface area contributed by atoms with Crippen LogP contribution in [0, 0.1) is 0 Å². The third-order valence-electron chi connectivity index (χ3n) is 3.44. The highest BCUT2D eigenvalue weighted by molar-refractivity contribution is 9.10. The van der Waals surface area contributed by atoms with Crippen molar-refractivity contribution in [3.8, 4) is 0 Å². The third-order valence-corrected chi connectivity index (χ3v) is 5.93. The van der Waals surface area contributed by atoms with Crippen molar-refractivity contribution in [2.45, 2.75) is 42.7 Å². The number of carboxylic acid groups (broad SMARTS) is 1. The third kappa shape index (κ3) is 4.03. The van der Waals surface area contributed by atoms with Crippen LogP contribution in [0.4, 0.5) is 0 Å². The first-order valence-electron chi connectivity index (χ1n) is 6.53. The topological polar surface area (TPSA) is 104 Å². The summed E-state index contributed by atoms with van der Waals surface area (Å²) in [6, 6.07) is 3.46. The van der Waals surface area contributed by atoms with Crippen molar-refractivity contribution in [2.24, 2.45) is 0 Å². The number of nitrogens with one attached hydrogen (secondary N) is 1. The molecule has 0 spiro atoms. The molecule has 1 aliphatic rings. The Kier molecular flexibility index (Phi) is 5.03. The fourth-order valence-electron chi connectivity index (χ4n) is 2.41. The van der Waals surface area contributed by atoms with Gasteiger partial charge in [-0.05, 0) is 59.8 Å². The second-order valence-electron chi connectivity index (χ2n) is 5.09. The van der Waals surface area contributed by atoms with Gasteiger partial charge in [-0.1, -0.05) is 0 Å². The van der Waals surface area contributed by atoms with Crippen LogP contribution >= 0.6 is 15.9 Å². The van der Waals surface area contributed by atoms with E-state index in [1.54, 1.807) is 0 Å². The van der Waals surface area contributed by atoms with Gasteiger partial charge in [0.25, 0.3) is 0 Å². The summed E-state index contributed by atoms with van der Waals surface area (Å²) in [6.45, 7) is 0. The SMILES string of the molecule is O=C(O)c1ccc(S(=O)(=O)NC2CCCC(O)C2)c(Br)c1. The highest BCUT2D eigenvalue weighted by atomic mass is 79.9. The summed E-state index contributed by atoms with van der Waals surface area (Å²) in [5.74, 6) is -1.12. The molecular weight excluding hydrogens is 362 g/mol. The van der Waals surface area contributed by atoms with Crippen LogP contribution in [0.3, 0.4) is 0 Å². The lowest BCUT2D eigenvalue weighted by atomic mass is 9.94. The predicted octanol–water partition coefficient (Wildman–Crippen LogP) is 1.73. The van der Waals surface area contributed by atoms with E-state index >= 15 is 0 Å². The van der Waals surface area contributed by atoms with Crippen LogP contribution in [-0.4, -0.2) is 36.7 Å². The van der Waals surface area contributed by atoms with Crippen molar-refractivity contribution >= 4 is 31.9 Å². The van der Waals surface area contributed by atoms with Gasteiger partial charge in [0.1, 0.15) is 0 Å². The highest BCUT2D eigenvalue weighted by Crippen LogP contribution is 2.25. The molecule has 8 heteroatoms. The summed E-state index contributed by atoms with van der Waals surface area (Å²) >= 11 is 3.10. The van der Waals surface area contributed by atoms with Gasteiger partial charge in [-0.3, -0.25) is 0 Å². The normalized spacial score (nSPS) is 23.0. The smallest absolute Gasteiger partial charge is 0.335 e. The Hall–Kier alpha value is -0.960. The molecule has 6 nitrogen and oxygen atoms in total. The maximum atomic E-state index is 12.3. The van der Waals surface area contributed by atoms with Crippen LogP contribution in [0.15, 0.2) is 27.6 Å². The summed E-state index contributed by atoms with van der Waals surface area (Å²) in [5.41, 5.74) is 0.00825. The molecule has 0 aliphatic heterocycles. The van der Waals surface area contributed by atoms with E-state index in [0.717, 1.165) is 6.42 Å². The minimum Gasteiger partial charge on any atom is -0.478 e. The Morgan fingerprint density at radius 1 is 1.33 bits per heavy atom. The molecule has 21 heavy (non-hydrogen) atoms. The summed E-state index contributed by atoms with van der Waals surface area (Å²) in [6.07, 6.45) is 2.05. The molecule has 0 bridgehead atoms. The second-order valence-corrected chi connectivity index (χ2v) is 7.63. The number of sulfonamides is 1. The van der Waals surface area contributed by atoms with Gasteiger partial charge in [0.2, 0.25) is 10.0 Å². The molecule has 116 valence electrons.